The van der Waals surface area contributed by atoms with Crippen LogP contribution in [0.5, 0.6) is 0 Å². The van der Waals surface area contributed by atoms with Crippen LogP contribution in [0.4, 0.5) is 0 Å². The molecule has 1 saturated carbocycles. The maximum Gasteiger partial charge on any atom is 0.317 e. The largest absolute Gasteiger partial charge is 0.460 e. The van der Waals surface area contributed by atoms with Gasteiger partial charge < -0.3 is 14.6 Å². The highest BCUT2D eigenvalue weighted by atomic mass is 16.6. The van der Waals surface area contributed by atoms with Gasteiger partial charge in [0.15, 0.2) is 5.78 Å². The van der Waals surface area contributed by atoms with Crippen molar-refractivity contribution in [3.05, 3.63) is 35.4 Å². The first-order valence-electron chi connectivity index (χ1n) is 10.9. The topological polar surface area (TPSA) is 89.9 Å². The van der Waals surface area contributed by atoms with E-state index < -0.39 is 52.3 Å². The SMILES string of the molecule is CCc1ccc(C2C(C(=O)OC(C)(C)C)C(=O)CC(C)(O)C2C(=O)OC(C)(C)C)cc1. The van der Waals surface area contributed by atoms with Crippen LogP contribution in [0.15, 0.2) is 24.3 Å². The molecule has 2 rings (SSSR count). The van der Waals surface area contributed by atoms with Gasteiger partial charge >= 0.3 is 11.9 Å². The van der Waals surface area contributed by atoms with Crippen LogP contribution in [0.3, 0.4) is 0 Å². The number of ether oxygens (including phenoxy) is 2. The number of Topliss-reactive ketones (excluding diaryl/α,β-unsaturated/α-hetero) is 1. The molecule has 0 saturated heterocycles. The van der Waals surface area contributed by atoms with Gasteiger partial charge in [0, 0.05) is 12.3 Å². The second-order valence-electron chi connectivity index (χ2n) is 10.6. The normalized spacial score (nSPS) is 27.0. The third-order valence-electron chi connectivity index (χ3n) is 5.36. The second kappa shape index (κ2) is 8.73. The van der Waals surface area contributed by atoms with Crippen molar-refractivity contribution in [1.82, 2.24) is 0 Å². The van der Waals surface area contributed by atoms with Crippen molar-refractivity contribution < 1.29 is 29.0 Å². The molecule has 1 aromatic carbocycles. The lowest BCUT2D eigenvalue weighted by Gasteiger charge is -2.44. The molecule has 6 nitrogen and oxygen atoms in total. The minimum absolute atomic E-state index is 0.329. The summed E-state index contributed by atoms with van der Waals surface area (Å²) in [6, 6.07) is 7.43. The average Bonchev–Trinajstić information content (AvgIpc) is 2.56. The molecular formula is C25H36O6. The molecule has 0 aromatic heterocycles. The Balaban J connectivity index is 2.63. The number of carbonyl (C=O) groups is 3. The molecule has 172 valence electrons. The van der Waals surface area contributed by atoms with Crippen molar-refractivity contribution in [2.75, 3.05) is 0 Å². The van der Waals surface area contributed by atoms with Crippen LogP contribution in [-0.2, 0) is 30.3 Å². The van der Waals surface area contributed by atoms with Crippen molar-refractivity contribution in [3.8, 4) is 0 Å². The van der Waals surface area contributed by atoms with E-state index in [0.717, 1.165) is 12.0 Å². The molecule has 1 aliphatic carbocycles. The number of carbonyl (C=O) groups excluding carboxylic acids is 3. The highest BCUT2D eigenvalue weighted by Crippen LogP contribution is 2.47. The van der Waals surface area contributed by atoms with Gasteiger partial charge in [0.2, 0.25) is 0 Å². The zero-order valence-electron chi connectivity index (χ0n) is 19.9. The number of benzene rings is 1. The van der Waals surface area contributed by atoms with Gasteiger partial charge in [-0.2, -0.15) is 0 Å². The first-order chi connectivity index (χ1) is 14.1. The number of aliphatic hydroxyl groups is 1. The average molecular weight is 433 g/mol. The Bertz CT molecular complexity index is 823. The predicted molar refractivity (Wildman–Crippen MR) is 117 cm³/mol. The van der Waals surface area contributed by atoms with Gasteiger partial charge in [0.1, 0.15) is 17.1 Å². The van der Waals surface area contributed by atoms with Gasteiger partial charge in [0.25, 0.3) is 0 Å². The van der Waals surface area contributed by atoms with E-state index in [0.29, 0.717) is 5.56 Å². The molecule has 0 aliphatic heterocycles. The summed E-state index contributed by atoms with van der Waals surface area (Å²) in [5.74, 6) is -4.97. The Morgan fingerprint density at radius 1 is 1.00 bits per heavy atom. The van der Waals surface area contributed by atoms with Crippen molar-refractivity contribution >= 4 is 17.7 Å². The maximum atomic E-state index is 13.3. The van der Waals surface area contributed by atoms with Crippen LogP contribution in [0.1, 0.15) is 78.9 Å². The third-order valence-corrected chi connectivity index (χ3v) is 5.36. The van der Waals surface area contributed by atoms with Gasteiger partial charge in [0.05, 0.1) is 11.5 Å². The lowest BCUT2D eigenvalue weighted by Crippen LogP contribution is -2.56. The van der Waals surface area contributed by atoms with E-state index in [1.54, 1.807) is 41.5 Å². The smallest absolute Gasteiger partial charge is 0.317 e. The highest BCUT2D eigenvalue weighted by molar-refractivity contribution is 6.03. The lowest BCUT2D eigenvalue weighted by atomic mass is 9.61. The molecule has 1 fully saturated rings. The molecule has 6 heteroatoms. The fraction of sp³-hybridized carbons (Fsp3) is 0.640. The number of hydrogen-bond donors (Lipinski definition) is 1. The Morgan fingerprint density at radius 3 is 1.94 bits per heavy atom. The van der Waals surface area contributed by atoms with E-state index in [2.05, 4.69) is 0 Å². The van der Waals surface area contributed by atoms with Crippen molar-refractivity contribution in [1.29, 1.82) is 0 Å². The number of ketones is 1. The van der Waals surface area contributed by atoms with Gasteiger partial charge in [-0.15, -0.1) is 0 Å². The Hall–Kier alpha value is -2.21. The third kappa shape index (κ3) is 6.16. The molecule has 0 spiro atoms. The first kappa shape index (κ1) is 25.1. The standard InChI is InChI=1S/C25H36O6/c1-9-15-10-12-16(13-11-15)18-19(21(27)30-23(2,3)4)17(26)14-25(8,29)20(18)22(28)31-24(5,6)7/h10-13,18-20,29H,9,14H2,1-8H3. The molecule has 0 amide bonds. The summed E-state index contributed by atoms with van der Waals surface area (Å²) in [5, 5.41) is 11.2. The molecule has 4 unspecified atom stereocenters. The van der Waals surface area contributed by atoms with E-state index in [1.165, 1.54) is 6.92 Å². The van der Waals surface area contributed by atoms with Crippen LogP contribution in [0, 0.1) is 11.8 Å². The second-order valence-corrected chi connectivity index (χ2v) is 10.6. The van der Waals surface area contributed by atoms with Gasteiger partial charge in [-0.3, -0.25) is 14.4 Å². The summed E-state index contributed by atoms with van der Waals surface area (Å²) in [4.78, 5) is 39.5. The highest BCUT2D eigenvalue weighted by Gasteiger charge is 2.57. The van der Waals surface area contributed by atoms with Gasteiger partial charge in [-0.05, 0) is 66.0 Å². The molecule has 1 aliphatic rings. The van der Waals surface area contributed by atoms with E-state index in [4.69, 9.17) is 9.47 Å². The summed E-state index contributed by atoms with van der Waals surface area (Å²) in [7, 11) is 0. The monoisotopic (exact) mass is 432 g/mol. The van der Waals surface area contributed by atoms with Crippen LogP contribution in [0.25, 0.3) is 0 Å². The summed E-state index contributed by atoms with van der Waals surface area (Å²) in [6.07, 6.45) is 0.497. The fourth-order valence-corrected chi connectivity index (χ4v) is 4.12. The molecule has 0 heterocycles. The molecular weight excluding hydrogens is 396 g/mol. The Morgan fingerprint density at radius 2 is 1.48 bits per heavy atom. The first-order valence-corrected chi connectivity index (χ1v) is 10.9. The summed E-state index contributed by atoms with van der Waals surface area (Å²) >= 11 is 0. The fourth-order valence-electron chi connectivity index (χ4n) is 4.12. The van der Waals surface area contributed by atoms with E-state index in [9.17, 15) is 19.5 Å². The van der Waals surface area contributed by atoms with Crippen molar-refractivity contribution in [3.63, 3.8) is 0 Å². The van der Waals surface area contributed by atoms with E-state index >= 15 is 0 Å². The molecule has 1 aromatic rings. The van der Waals surface area contributed by atoms with Crippen LogP contribution in [0.2, 0.25) is 0 Å². The van der Waals surface area contributed by atoms with Crippen molar-refractivity contribution in [2.45, 2.75) is 91.0 Å². The van der Waals surface area contributed by atoms with Crippen molar-refractivity contribution in [2.24, 2.45) is 11.8 Å². The molecule has 31 heavy (non-hydrogen) atoms. The zero-order valence-corrected chi connectivity index (χ0v) is 19.9. The number of hydrogen-bond acceptors (Lipinski definition) is 6. The number of aryl methyl sites for hydroxylation is 1. The molecule has 0 radical (unpaired) electrons. The number of rotatable bonds is 4. The summed E-state index contributed by atoms with van der Waals surface area (Å²) in [6.45, 7) is 13.9. The minimum Gasteiger partial charge on any atom is -0.460 e. The van der Waals surface area contributed by atoms with Crippen LogP contribution < -0.4 is 0 Å². The van der Waals surface area contributed by atoms with E-state index in [-0.39, 0.29) is 6.42 Å². The Labute approximate surface area is 185 Å². The predicted octanol–water partition coefficient (Wildman–Crippen LogP) is 3.97. The minimum atomic E-state index is -1.66. The van der Waals surface area contributed by atoms with Gasteiger partial charge in [-0.1, -0.05) is 31.2 Å². The van der Waals surface area contributed by atoms with Crippen LogP contribution >= 0.6 is 0 Å². The van der Waals surface area contributed by atoms with E-state index in [1.807, 2.05) is 31.2 Å². The molecule has 0 bridgehead atoms. The van der Waals surface area contributed by atoms with Crippen LogP contribution in [-0.4, -0.2) is 39.6 Å². The summed E-state index contributed by atoms with van der Waals surface area (Å²) in [5.41, 5.74) is -1.54. The molecule has 1 N–H and O–H groups in total. The number of esters is 2. The lowest BCUT2D eigenvalue weighted by molar-refractivity contribution is -0.182. The Kier molecular flexibility index (Phi) is 7.06. The summed E-state index contributed by atoms with van der Waals surface area (Å²) < 4.78 is 11.2. The molecule has 4 atom stereocenters. The quantitative estimate of drug-likeness (QED) is 0.572. The van der Waals surface area contributed by atoms with Gasteiger partial charge in [-0.25, -0.2) is 0 Å². The maximum absolute atomic E-state index is 13.3. The zero-order chi connectivity index (χ0) is 23.8.